The standard InChI is InChI=1S/C13H25NO/c1-11(2)9-13(5-6-13)10-14-7-3-12(15)4-8-14/h11-12,15H,3-10H2,1-2H3. The highest BCUT2D eigenvalue weighted by Gasteiger charge is 2.44. The average molecular weight is 211 g/mol. The first kappa shape index (κ1) is 11.4. The summed E-state index contributed by atoms with van der Waals surface area (Å²) < 4.78 is 0. The molecule has 0 bridgehead atoms. The predicted octanol–water partition coefficient (Wildman–Crippen LogP) is 2.27. The summed E-state index contributed by atoms with van der Waals surface area (Å²) in [5.41, 5.74) is 0.663. The number of aliphatic hydroxyl groups excluding tert-OH is 1. The minimum absolute atomic E-state index is 0.0264. The van der Waals surface area contributed by atoms with Crippen LogP contribution in [0, 0.1) is 11.3 Å². The highest BCUT2D eigenvalue weighted by Crippen LogP contribution is 2.51. The van der Waals surface area contributed by atoms with Crippen molar-refractivity contribution in [1.29, 1.82) is 0 Å². The lowest BCUT2D eigenvalue weighted by atomic mass is 9.93. The first-order chi connectivity index (χ1) is 7.10. The molecule has 88 valence electrons. The molecule has 0 aromatic carbocycles. The van der Waals surface area contributed by atoms with Gasteiger partial charge in [-0.15, -0.1) is 0 Å². The molecule has 1 saturated heterocycles. The van der Waals surface area contributed by atoms with Gasteiger partial charge in [0, 0.05) is 19.6 Å². The van der Waals surface area contributed by atoms with E-state index in [0.29, 0.717) is 5.41 Å². The van der Waals surface area contributed by atoms with Crippen LogP contribution in [0.25, 0.3) is 0 Å². The zero-order valence-electron chi connectivity index (χ0n) is 10.2. The average Bonchev–Trinajstić information content (AvgIpc) is 2.88. The number of aliphatic hydroxyl groups is 1. The van der Waals surface area contributed by atoms with Gasteiger partial charge in [-0.05, 0) is 43.4 Å². The molecular formula is C13H25NO. The number of hydrogen-bond donors (Lipinski definition) is 1. The fourth-order valence-electron chi connectivity index (χ4n) is 3.02. The second-order valence-corrected chi connectivity index (χ2v) is 6.11. The third-order valence-electron chi connectivity index (χ3n) is 3.91. The highest BCUT2D eigenvalue weighted by atomic mass is 16.3. The van der Waals surface area contributed by atoms with Gasteiger partial charge in [-0.25, -0.2) is 0 Å². The second-order valence-electron chi connectivity index (χ2n) is 6.11. The van der Waals surface area contributed by atoms with Crippen LogP contribution in [-0.4, -0.2) is 35.7 Å². The Balaban J connectivity index is 1.76. The molecule has 15 heavy (non-hydrogen) atoms. The summed E-state index contributed by atoms with van der Waals surface area (Å²) in [7, 11) is 0. The van der Waals surface area contributed by atoms with Gasteiger partial charge in [0.25, 0.3) is 0 Å². The molecule has 1 saturated carbocycles. The van der Waals surface area contributed by atoms with Gasteiger partial charge >= 0.3 is 0 Å². The molecule has 2 fully saturated rings. The summed E-state index contributed by atoms with van der Waals surface area (Å²) in [5, 5.41) is 9.46. The maximum Gasteiger partial charge on any atom is 0.0564 e. The van der Waals surface area contributed by atoms with Gasteiger partial charge in [-0.1, -0.05) is 13.8 Å². The minimum atomic E-state index is -0.0264. The zero-order valence-corrected chi connectivity index (χ0v) is 10.2. The minimum Gasteiger partial charge on any atom is -0.393 e. The Labute approximate surface area is 93.7 Å². The smallest absolute Gasteiger partial charge is 0.0564 e. The summed E-state index contributed by atoms with van der Waals surface area (Å²) in [6.45, 7) is 8.18. The van der Waals surface area contributed by atoms with Crippen LogP contribution in [0.15, 0.2) is 0 Å². The number of nitrogens with zero attached hydrogens (tertiary/aromatic N) is 1. The summed E-state index contributed by atoms with van der Waals surface area (Å²) in [4.78, 5) is 2.57. The molecule has 0 unspecified atom stereocenters. The second kappa shape index (κ2) is 4.42. The Morgan fingerprint density at radius 2 is 1.87 bits per heavy atom. The Hall–Kier alpha value is -0.0800. The van der Waals surface area contributed by atoms with Gasteiger partial charge in [0.2, 0.25) is 0 Å². The maximum absolute atomic E-state index is 9.46. The highest BCUT2D eigenvalue weighted by molar-refractivity contribution is 4.96. The fraction of sp³-hybridized carbons (Fsp3) is 1.00. The SMILES string of the molecule is CC(C)CC1(CN2CCC(O)CC2)CC1. The van der Waals surface area contributed by atoms with Crippen molar-refractivity contribution < 1.29 is 5.11 Å². The van der Waals surface area contributed by atoms with Crippen LogP contribution in [0.3, 0.4) is 0 Å². The van der Waals surface area contributed by atoms with Crippen LogP contribution in [-0.2, 0) is 0 Å². The molecule has 0 radical (unpaired) electrons. The van der Waals surface area contributed by atoms with Crippen molar-refractivity contribution >= 4 is 0 Å². The van der Waals surface area contributed by atoms with Gasteiger partial charge in [0.15, 0.2) is 0 Å². The van der Waals surface area contributed by atoms with E-state index in [1.54, 1.807) is 0 Å². The maximum atomic E-state index is 9.46. The van der Waals surface area contributed by atoms with E-state index in [0.717, 1.165) is 31.8 Å². The zero-order chi connectivity index (χ0) is 10.9. The van der Waals surface area contributed by atoms with Crippen molar-refractivity contribution in [2.24, 2.45) is 11.3 Å². The molecular weight excluding hydrogens is 186 g/mol. The fourth-order valence-corrected chi connectivity index (χ4v) is 3.02. The van der Waals surface area contributed by atoms with Crippen molar-refractivity contribution in [3.05, 3.63) is 0 Å². The normalized spacial score (nSPS) is 27.2. The third-order valence-corrected chi connectivity index (χ3v) is 3.91. The molecule has 0 atom stereocenters. The monoisotopic (exact) mass is 211 g/mol. The van der Waals surface area contributed by atoms with E-state index in [9.17, 15) is 5.11 Å². The van der Waals surface area contributed by atoms with Crippen molar-refractivity contribution in [2.45, 2.75) is 52.1 Å². The molecule has 1 heterocycles. The number of rotatable bonds is 4. The molecule has 1 N–H and O–H groups in total. The van der Waals surface area contributed by atoms with Crippen molar-refractivity contribution in [2.75, 3.05) is 19.6 Å². The van der Waals surface area contributed by atoms with Crippen molar-refractivity contribution in [1.82, 2.24) is 4.90 Å². The lowest BCUT2D eigenvalue weighted by molar-refractivity contribution is 0.0697. The quantitative estimate of drug-likeness (QED) is 0.771. The van der Waals surface area contributed by atoms with E-state index in [1.807, 2.05) is 0 Å². The first-order valence-corrected chi connectivity index (χ1v) is 6.50. The summed E-state index contributed by atoms with van der Waals surface area (Å²) >= 11 is 0. The van der Waals surface area contributed by atoms with E-state index in [2.05, 4.69) is 18.7 Å². The van der Waals surface area contributed by atoms with Crippen LogP contribution < -0.4 is 0 Å². The molecule has 0 amide bonds. The summed E-state index contributed by atoms with van der Waals surface area (Å²) in [5.74, 6) is 0.836. The predicted molar refractivity (Wildman–Crippen MR) is 62.8 cm³/mol. The van der Waals surface area contributed by atoms with Gasteiger partial charge in [0.05, 0.1) is 6.10 Å². The first-order valence-electron chi connectivity index (χ1n) is 6.50. The molecule has 0 aromatic heterocycles. The molecule has 1 aliphatic carbocycles. The Bertz CT molecular complexity index is 203. The van der Waals surface area contributed by atoms with Crippen LogP contribution in [0.4, 0.5) is 0 Å². The largest absolute Gasteiger partial charge is 0.393 e. The lowest BCUT2D eigenvalue weighted by Gasteiger charge is -2.33. The lowest BCUT2D eigenvalue weighted by Crippen LogP contribution is -2.39. The van der Waals surface area contributed by atoms with E-state index in [1.165, 1.54) is 25.8 Å². The van der Waals surface area contributed by atoms with Crippen molar-refractivity contribution in [3.63, 3.8) is 0 Å². The number of piperidine rings is 1. The van der Waals surface area contributed by atoms with Crippen LogP contribution in [0.2, 0.25) is 0 Å². The molecule has 2 heteroatoms. The Morgan fingerprint density at radius 1 is 1.27 bits per heavy atom. The number of likely N-dealkylation sites (tertiary alicyclic amines) is 1. The molecule has 2 rings (SSSR count). The van der Waals surface area contributed by atoms with Crippen LogP contribution >= 0.6 is 0 Å². The molecule has 0 aromatic rings. The summed E-state index contributed by atoms with van der Waals surface area (Å²) in [6.07, 6.45) is 6.21. The van der Waals surface area contributed by atoms with E-state index in [-0.39, 0.29) is 6.10 Å². The van der Waals surface area contributed by atoms with Gasteiger partial charge in [-0.3, -0.25) is 0 Å². The van der Waals surface area contributed by atoms with E-state index in [4.69, 9.17) is 0 Å². The Morgan fingerprint density at radius 3 is 2.33 bits per heavy atom. The van der Waals surface area contributed by atoms with Crippen LogP contribution in [0.5, 0.6) is 0 Å². The van der Waals surface area contributed by atoms with Crippen LogP contribution in [0.1, 0.15) is 46.0 Å². The van der Waals surface area contributed by atoms with Gasteiger partial charge in [-0.2, -0.15) is 0 Å². The molecule has 2 aliphatic rings. The number of hydrogen-bond acceptors (Lipinski definition) is 2. The van der Waals surface area contributed by atoms with Gasteiger partial charge in [0.1, 0.15) is 0 Å². The summed E-state index contributed by atoms with van der Waals surface area (Å²) in [6, 6.07) is 0. The third kappa shape index (κ3) is 3.18. The van der Waals surface area contributed by atoms with Gasteiger partial charge < -0.3 is 10.0 Å². The molecule has 0 spiro atoms. The topological polar surface area (TPSA) is 23.5 Å². The van der Waals surface area contributed by atoms with E-state index >= 15 is 0 Å². The Kier molecular flexibility index (Phi) is 3.36. The molecule has 2 nitrogen and oxygen atoms in total. The van der Waals surface area contributed by atoms with Crippen molar-refractivity contribution in [3.8, 4) is 0 Å². The molecule has 1 aliphatic heterocycles. The van der Waals surface area contributed by atoms with E-state index < -0.39 is 0 Å².